The van der Waals surface area contributed by atoms with Crippen molar-refractivity contribution in [3.63, 3.8) is 0 Å². The van der Waals surface area contributed by atoms with Gasteiger partial charge in [-0.25, -0.2) is 4.98 Å². The molecule has 1 unspecified atom stereocenters. The normalized spacial score (nSPS) is 24.4. The van der Waals surface area contributed by atoms with Crippen molar-refractivity contribution < 1.29 is 0 Å². The number of piperidine rings is 1. The molecule has 0 saturated carbocycles. The van der Waals surface area contributed by atoms with Crippen molar-refractivity contribution in [1.29, 1.82) is 0 Å². The lowest BCUT2D eigenvalue weighted by Crippen LogP contribution is -2.40. The summed E-state index contributed by atoms with van der Waals surface area (Å²) in [5.74, 6) is 0. The first-order valence-corrected chi connectivity index (χ1v) is 8.89. The van der Waals surface area contributed by atoms with Crippen molar-refractivity contribution in [3.05, 3.63) is 11.1 Å². The highest BCUT2D eigenvalue weighted by Gasteiger charge is 2.29. The Labute approximate surface area is 126 Å². The molecular formula is C15H26N4S. The summed E-state index contributed by atoms with van der Waals surface area (Å²) in [5, 5.41) is 6.77. The van der Waals surface area contributed by atoms with Gasteiger partial charge in [-0.1, -0.05) is 13.3 Å². The molecule has 5 heteroatoms. The minimum Gasteiger partial charge on any atom is -0.346 e. The third kappa shape index (κ3) is 3.32. The van der Waals surface area contributed by atoms with E-state index < -0.39 is 0 Å². The molecule has 0 amide bonds. The second-order valence-corrected chi connectivity index (χ2v) is 6.72. The average Bonchev–Trinajstić information content (AvgIpc) is 3.15. The van der Waals surface area contributed by atoms with Gasteiger partial charge in [0.15, 0.2) is 5.13 Å². The molecule has 0 bridgehead atoms. The summed E-state index contributed by atoms with van der Waals surface area (Å²) in [6, 6.07) is 0.761. The zero-order chi connectivity index (χ0) is 13.8. The van der Waals surface area contributed by atoms with Crippen LogP contribution in [0.1, 0.15) is 38.3 Å². The molecule has 112 valence electrons. The highest BCUT2D eigenvalue weighted by molar-refractivity contribution is 7.13. The molecule has 1 aromatic rings. The van der Waals surface area contributed by atoms with Gasteiger partial charge < -0.3 is 10.2 Å². The predicted octanol–water partition coefficient (Wildman–Crippen LogP) is 2.32. The minimum atomic E-state index is 0.761. The van der Waals surface area contributed by atoms with Gasteiger partial charge in [0.05, 0.1) is 5.69 Å². The quantitative estimate of drug-likeness (QED) is 0.903. The van der Waals surface area contributed by atoms with E-state index in [1.165, 1.54) is 62.7 Å². The molecule has 1 aromatic heterocycles. The van der Waals surface area contributed by atoms with E-state index in [0.717, 1.165) is 19.1 Å². The Bertz CT molecular complexity index is 414. The molecule has 2 aliphatic heterocycles. The Morgan fingerprint density at radius 1 is 1.30 bits per heavy atom. The average molecular weight is 294 g/mol. The van der Waals surface area contributed by atoms with Gasteiger partial charge in [0, 0.05) is 31.1 Å². The molecule has 2 fully saturated rings. The van der Waals surface area contributed by atoms with Crippen LogP contribution in [0.15, 0.2) is 5.38 Å². The maximum Gasteiger partial charge on any atom is 0.185 e. The van der Waals surface area contributed by atoms with Crippen LogP contribution in [0.2, 0.25) is 0 Å². The Morgan fingerprint density at radius 3 is 2.95 bits per heavy atom. The number of hydrogen-bond donors (Lipinski definition) is 1. The van der Waals surface area contributed by atoms with Gasteiger partial charge in [-0.05, 0) is 38.9 Å². The third-order valence-corrected chi connectivity index (χ3v) is 5.39. The molecule has 0 radical (unpaired) electrons. The van der Waals surface area contributed by atoms with Gasteiger partial charge >= 0.3 is 0 Å². The van der Waals surface area contributed by atoms with Gasteiger partial charge in [-0.3, -0.25) is 4.90 Å². The number of hydrogen-bond acceptors (Lipinski definition) is 5. The Morgan fingerprint density at radius 2 is 2.15 bits per heavy atom. The summed E-state index contributed by atoms with van der Waals surface area (Å²) in [4.78, 5) is 9.96. The van der Waals surface area contributed by atoms with Crippen LogP contribution in [-0.2, 0) is 6.54 Å². The van der Waals surface area contributed by atoms with Crippen LogP contribution in [0.5, 0.6) is 0 Å². The standard InChI is InChI=1S/C15H26N4S/c1-2-16-10-13-12-20-15(17-13)19-9-6-14(11-19)18-7-4-3-5-8-18/h12,14,16H,2-11H2,1H3. The maximum atomic E-state index is 4.77. The van der Waals surface area contributed by atoms with E-state index in [2.05, 4.69) is 27.4 Å². The van der Waals surface area contributed by atoms with E-state index >= 15 is 0 Å². The lowest BCUT2D eigenvalue weighted by atomic mass is 10.1. The molecule has 4 nitrogen and oxygen atoms in total. The Hall–Kier alpha value is -0.650. The SMILES string of the molecule is CCNCc1csc(N2CCC(N3CCCCC3)C2)n1. The molecule has 2 aliphatic rings. The zero-order valence-electron chi connectivity index (χ0n) is 12.5. The van der Waals surface area contributed by atoms with Gasteiger partial charge in [0.1, 0.15) is 0 Å². The van der Waals surface area contributed by atoms with Crippen molar-refractivity contribution in [2.24, 2.45) is 0 Å². The van der Waals surface area contributed by atoms with Crippen LogP contribution in [0.25, 0.3) is 0 Å². The monoisotopic (exact) mass is 294 g/mol. The first-order valence-electron chi connectivity index (χ1n) is 8.01. The largest absolute Gasteiger partial charge is 0.346 e. The van der Waals surface area contributed by atoms with Crippen LogP contribution in [-0.4, -0.2) is 48.6 Å². The van der Waals surface area contributed by atoms with Crippen molar-refractivity contribution >= 4 is 16.5 Å². The van der Waals surface area contributed by atoms with E-state index in [-0.39, 0.29) is 0 Å². The van der Waals surface area contributed by atoms with Gasteiger partial charge in [0.25, 0.3) is 0 Å². The first kappa shape index (κ1) is 14.3. The van der Waals surface area contributed by atoms with Crippen molar-refractivity contribution in [1.82, 2.24) is 15.2 Å². The molecule has 3 rings (SSSR count). The molecule has 0 aliphatic carbocycles. The number of anilines is 1. The summed E-state index contributed by atoms with van der Waals surface area (Å²) in [5.41, 5.74) is 1.19. The van der Waals surface area contributed by atoms with Crippen LogP contribution < -0.4 is 10.2 Å². The fourth-order valence-electron chi connectivity index (χ4n) is 3.27. The van der Waals surface area contributed by atoms with E-state index in [1.807, 2.05) is 0 Å². The fraction of sp³-hybridized carbons (Fsp3) is 0.800. The fourth-order valence-corrected chi connectivity index (χ4v) is 4.14. The number of nitrogens with zero attached hydrogens (tertiary/aromatic N) is 3. The maximum absolute atomic E-state index is 4.77. The second-order valence-electron chi connectivity index (χ2n) is 5.89. The predicted molar refractivity (Wildman–Crippen MR) is 85.5 cm³/mol. The number of thiazole rings is 1. The van der Waals surface area contributed by atoms with Crippen LogP contribution in [0.3, 0.4) is 0 Å². The highest BCUT2D eigenvalue weighted by atomic mass is 32.1. The minimum absolute atomic E-state index is 0.761. The van der Waals surface area contributed by atoms with Crippen molar-refractivity contribution in [2.75, 3.05) is 37.6 Å². The van der Waals surface area contributed by atoms with Crippen LogP contribution in [0, 0.1) is 0 Å². The zero-order valence-corrected chi connectivity index (χ0v) is 13.3. The third-order valence-electron chi connectivity index (χ3n) is 4.44. The number of aromatic nitrogens is 1. The molecule has 1 N–H and O–H groups in total. The van der Waals surface area contributed by atoms with Gasteiger partial charge in [0.2, 0.25) is 0 Å². The van der Waals surface area contributed by atoms with Crippen molar-refractivity contribution in [2.45, 2.75) is 45.2 Å². The lowest BCUT2D eigenvalue weighted by molar-refractivity contribution is 0.175. The second kappa shape index (κ2) is 6.87. The molecule has 2 saturated heterocycles. The molecule has 1 atom stereocenters. The molecule has 0 aromatic carbocycles. The first-order chi connectivity index (χ1) is 9.86. The number of nitrogens with one attached hydrogen (secondary N) is 1. The van der Waals surface area contributed by atoms with Gasteiger partial charge in [-0.2, -0.15) is 0 Å². The summed E-state index contributed by atoms with van der Waals surface area (Å²) in [6.07, 6.45) is 5.51. The molecule has 0 spiro atoms. The Kier molecular flexibility index (Phi) is 4.91. The van der Waals surface area contributed by atoms with E-state index in [9.17, 15) is 0 Å². The highest BCUT2D eigenvalue weighted by Crippen LogP contribution is 2.27. The summed E-state index contributed by atoms with van der Waals surface area (Å²) >= 11 is 1.80. The topological polar surface area (TPSA) is 31.4 Å². The summed E-state index contributed by atoms with van der Waals surface area (Å²) in [7, 11) is 0. The lowest BCUT2D eigenvalue weighted by Gasteiger charge is -2.32. The number of rotatable bonds is 5. The summed E-state index contributed by atoms with van der Waals surface area (Å²) in [6.45, 7) is 9.01. The van der Waals surface area contributed by atoms with Crippen LogP contribution >= 0.6 is 11.3 Å². The smallest absolute Gasteiger partial charge is 0.185 e. The van der Waals surface area contributed by atoms with Crippen LogP contribution in [0.4, 0.5) is 5.13 Å². The number of likely N-dealkylation sites (tertiary alicyclic amines) is 1. The molecular weight excluding hydrogens is 268 g/mol. The van der Waals surface area contributed by atoms with E-state index in [0.29, 0.717) is 0 Å². The molecule has 3 heterocycles. The summed E-state index contributed by atoms with van der Waals surface area (Å²) < 4.78 is 0. The van der Waals surface area contributed by atoms with E-state index in [4.69, 9.17) is 4.98 Å². The molecule has 20 heavy (non-hydrogen) atoms. The Balaban J connectivity index is 1.54. The van der Waals surface area contributed by atoms with E-state index in [1.54, 1.807) is 11.3 Å². The van der Waals surface area contributed by atoms with Crippen molar-refractivity contribution in [3.8, 4) is 0 Å². The van der Waals surface area contributed by atoms with Gasteiger partial charge in [-0.15, -0.1) is 11.3 Å².